The first-order valence-corrected chi connectivity index (χ1v) is 7.04. The average Bonchev–Trinajstić information content (AvgIpc) is 3.13. The van der Waals surface area contributed by atoms with Gasteiger partial charge in [-0.3, -0.25) is 9.69 Å². The number of rotatable bonds is 6. The highest BCUT2D eigenvalue weighted by atomic mass is 16.7. The first-order chi connectivity index (χ1) is 9.70. The van der Waals surface area contributed by atoms with Crippen LogP contribution in [0.15, 0.2) is 18.2 Å². The third-order valence-electron chi connectivity index (χ3n) is 3.59. The molecule has 20 heavy (non-hydrogen) atoms. The number of nitrogens with one attached hydrogen (secondary N) is 1. The molecule has 0 atom stereocenters. The Morgan fingerprint density at radius 3 is 2.95 bits per heavy atom. The number of hydrogen-bond donors (Lipinski definition) is 1. The monoisotopic (exact) mass is 276 g/mol. The molecule has 1 aromatic rings. The van der Waals surface area contributed by atoms with Gasteiger partial charge in [-0.15, -0.1) is 0 Å². The zero-order valence-electron chi connectivity index (χ0n) is 11.7. The van der Waals surface area contributed by atoms with Gasteiger partial charge in [0.25, 0.3) is 0 Å². The van der Waals surface area contributed by atoms with Crippen molar-refractivity contribution < 1.29 is 14.3 Å². The second kappa shape index (κ2) is 5.71. The predicted molar refractivity (Wildman–Crippen MR) is 74.6 cm³/mol. The lowest BCUT2D eigenvalue weighted by molar-refractivity contribution is -0.122. The normalized spacial score (nSPS) is 16.5. The van der Waals surface area contributed by atoms with Gasteiger partial charge in [-0.2, -0.15) is 0 Å². The summed E-state index contributed by atoms with van der Waals surface area (Å²) in [4.78, 5) is 13.8. The van der Waals surface area contributed by atoms with E-state index in [1.807, 2.05) is 30.1 Å². The Balaban J connectivity index is 1.47. The zero-order valence-corrected chi connectivity index (χ0v) is 11.7. The largest absolute Gasteiger partial charge is 0.454 e. The molecular weight excluding hydrogens is 256 g/mol. The smallest absolute Gasteiger partial charge is 0.234 e. The molecule has 1 saturated carbocycles. The van der Waals surface area contributed by atoms with Gasteiger partial charge in [0, 0.05) is 13.1 Å². The number of hydrogen-bond acceptors (Lipinski definition) is 4. The topological polar surface area (TPSA) is 50.8 Å². The third kappa shape index (κ3) is 3.42. The van der Waals surface area contributed by atoms with E-state index in [9.17, 15) is 4.79 Å². The first kappa shape index (κ1) is 13.2. The van der Waals surface area contributed by atoms with Gasteiger partial charge in [-0.05, 0) is 43.5 Å². The Kier molecular flexibility index (Phi) is 3.78. The minimum absolute atomic E-state index is 0.0974. The minimum Gasteiger partial charge on any atom is -0.454 e. The van der Waals surface area contributed by atoms with Crippen LogP contribution in [-0.4, -0.2) is 37.7 Å². The molecule has 0 unspecified atom stereocenters. The lowest BCUT2D eigenvalue weighted by atomic mass is 10.2. The minimum atomic E-state index is 0.0974. The molecule has 1 aliphatic carbocycles. The summed E-state index contributed by atoms with van der Waals surface area (Å²) in [5.41, 5.74) is 1.12. The summed E-state index contributed by atoms with van der Waals surface area (Å²) in [5, 5.41) is 2.98. The van der Waals surface area contributed by atoms with Crippen molar-refractivity contribution in [2.45, 2.75) is 19.4 Å². The van der Waals surface area contributed by atoms with Crippen LogP contribution in [0.25, 0.3) is 0 Å². The number of benzene rings is 1. The molecule has 1 heterocycles. The molecule has 0 bridgehead atoms. The van der Waals surface area contributed by atoms with Crippen molar-refractivity contribution in [3.8, 4) is 11.5 Å². The van der Waals surface area contributed by atoms with Crippen LogP contribution >= 0.6 is 0 Å². The lowest BCUT2D eigenvalue weighted by Gasteiger charge is -2.16. The molecule has 5 heteroatoms. The van der Waals surface area contributed by atoms with Crippen molar-refractivity contribution >= 4 is 5.91 Å². The number of nitrogens with zero attached hydrogens (tertiary/aromatic N) is 1. The molecule has 2 aliphatic rings. The van der Waals surface area contributed by atoms with Gasteiger partial charge < -0.3 is 14.8 Å². The molecule has 0 radical (unpaired) electrons. The predicted octanol–water partition coefficient (Wildman–Crippen LogP) is 1.37. The Morgan fingerprint density at radius 1 is 1.35 bits per heavy atom. The number of ether oxygens (including phenoxy) is 2. The summed E-state index contributed by atoms with van der Waals surface area (Å²) < 4.78 is 10.6. The first-order valence-electron chi connectivity index (χ1n) is 7.04. The van der Waals surface area contributed by atoms with Crippen LogP contribution in [-0.2, 0) is 11.3 Å². The number of amides is 1. The molecule has 5 nitrogen and oxygen atoms in total. The van der Waals surface area contributed by atoms with Crippen LogP contribution in [0, 0.1) is 5.92 Å². The molecule has 1 N–H and O–H groups in total. The van der Waals surface area contributed by atoms with Crippen molar-refractivity contribution in [3.63, 3.8) is 0 Å². The van der Waals surface area contributed by atoms with E-state index < -0.39 is 0 Å². The highest BCUT2D eigenvalue weighted by Gasteiger charge is 2.21. The number of carbonyl (C=O) groups excluding carboxylic acids is 1. The fraction of sp³-hybridized carbons (Fsp3) is 0.533. The highest BCUT2D eigenvalue weighted by Crippen LogP contribution is 2.32. The molecule has 108 valence electrons. The van der Waals surface area contributed by atoms with Gasteiger partial charge in [0.2, 0.25) is 12.7 Å². The zero-order chi connectivity index (χ0) is 13.9. The van der Waals surface area contributed by atoms with E-state index in [0.29, 0.717) is 13.1 Å². The lowest BCUT2D eigenvalue weighted by Crippen LogP contribution is -2.35. The molecule has 1 amide bonds. The van der Waals surface area contributed by atoms with Gasteiger partial charge in [0.05, 0.1) is 6.54 Å². The Labute approximate surface area is 118 Å². The fourth-order valence-electron chi connectivity index (χ4n) is 2.29. The van der Waals surface area contributed by atoms with E-state index in [1.165, 1.54) is 12.8 Å². The van der Waals surface area contributed by atoms with Crippen LogP contribution in [0.2, 0.25) is 0 Å². The number of fused-ring (bicyclic) bond motifs is 1. The summed E-state index contributed by atoms with van der Waals surface area (Å²) in [7, 11) is 1.95. The molecule has 0 spiro atoms. The maximum Gasteiger partial charge on any atom is 0.234 e. The van der Waals surface area contributed by atoms with Crippen LogP contribution in [0.4, 0.5) is 0 Å². The third-order valence-corrected chi connectivity index (χ3v) is 3.59. The van der Waals surface area contributed by atoms with Crippen LogP contribution in [0.5, 0.6) is 11.5 Å². The molecule has 3 rings (SSSR count). The highest BCUT2D eigenvalue weighted by molar-refractivity contribution is 5.78. The van der Waals surface area contributed by atoms with Crippen molar-refractivity contribution in [2.75, 3.05) is 26.9 Å². The summed E-state index contributed by atoms with van der Waals surface area (Å²) in [6.07, 6.45) is 2.51. The van der Waals surface area contributed by atoms with E-state index in [0.717, 1.165) is 29.5 Å². The van der Waals surface area contributed by atoms with Crippen molar-refractivity contribution in [3.05, 3.63) is 23.8 Å². The molecule has 1 aliphatic heterocycles. The fourth-order valence-corrected chi connectivity index (χ4v) is 2.29. The van der Waals surface area contributed by atoms with Crippen LogP contribution in [0.3, 0.4) is 0 Å². The summed E-state index contributed by atoms with van der Waals surface area (Å²) in [6, 6.07) is 5.89. The summed E-state index contributed by atoms with van der Waals surface area (Å²) in [6.45, 7) is 2.25. The average molecular weight is 276 g/mol. The van der Waals surface area contributed by atoms with Crippen LogP contribution in [0.1, 0.15) is 18.4 Å². The maximum absolute atomic E-state index is 11.8. The summed E-state index contributed by atoms with van der Waals surface area (Å²) >= 11 is 0. The molecule has 1 fully saturated rings. The van der Waals surface area contributed by atoms with Gasteiger partial charge in [0.1, 0.15) is 0 Å². The number of carbonyl (C=O) groups is 1. The van der Waals surface area contributed by atoms with Crippen molar-refractivity contribution in [1.29, 1.82) is 0 Å². The molecule has 1 aromatic carbocycles. The quantitative estimate of drug-likeness (QED) is 0.852. The number of likely N-dealkylation sites (N-methyl/N-ethyl adjacent to an activating group) is 1. The Bertz CT molecular complexity index is 500. The van der Waals surface area contributed by atoms with Gasteiger partial charge in [0.15, 0.2) is 11.5 Å². The van der Waals surface area contributed by atoms with E-state index >= 15 is 0 Å². The summed E-state index contributed by atoms with van der Waals surface area (Å²) in [5.74, 6) is 2.39. The Morgan fingerprint density at radius 2 is 2.15 bits per heavy atom. The maximum atomic E-state index is 11.8. The standard InChI is InChI=1S/C15H20N2O3/c1-17(9-15(18)16-7-11-2-3-11)8-12-4-5-13-14(6-12)20-10-19-13/h4-6,11H,2-3,7-10H2,1H3,(H,16,18). The van der Waals surface area contributed by atoms with Gasteiger partial charge in [-0.25, -0.2) is 0 Å². The SMILES string of the molecule is CN(CC(=O)NCC1CC1)Cc1ccc2c(c1)OCO2. The Hall–Kier alpha value is -1.75. The van der Waals surface area contributed by atoms with E-state index in [-0.39, 0.29) is 12.7 Å². The van der Waals surface area contributed by atoms with E-state index in [4.69, 9.17) is 9.47 Å². The molecular formula is C15H20N2O3. The second-order valence-corrected chi connectivity index (χ2v) is 5.61. The van der Waals surface area contributed by atoms with Crippen molar-refractivity contribution in [2.24, 2.45) is 5.92 Å². The van der Waals surface area contributed by atoms with Crippen molar-refractivity contribution in [1.82, 2.24) is 10.2 Å². The molecule has 0 saturated heterocycles. The van der Waals surface area contributed by atoms with Crippen LogP contribution < -0.4 is 14.8 Å². The van der Waals surface area contributed by atoms with E-state index in [1.54, 1.807) is 0 Å². The second-order valence-electron chi connectivity index (χ2n) is 5.61. The van der Waals surface area contributed by atoms with Gasteiger partial charge >= 0.3 is 0 Å². The van der Waals surface area contributed by atoms with Gasteiger partial charge in [-0.1, -0.05) is 6.07 Å². The van der Waals surface area contributed by atoms with E-state index in [2.05, 4.69) is 5.32 Å². The molecule has 0 aromatic heterocycles.